The maximum Gasteiger partial charge on any atom is 0.327 e. The van der Waals surface area contributed by atoms with Crippen molar-refractivity contribution in [2.75, 3.05) is 0 Å². The molecule has 1 saturated carbocycles. The Kier molecular flexibility index (Phi) is 3.69. The van der Waals surface area contributed by atoms with Crippen LogP contribution >= 0.6 is 0 Å². The van der Waals surface area contributed by atoms with Crippen LogP contribution in [-0.2, 0) is 0 Å². The maximum atomic E-state index is 11.4. The molecule has 0 radical (unpaired) electrons. The molecule has 0 spiro atoms. The highest BCUT2D eigenvalue weighted by molar-refractivity contribution is 5.80. The van der Waals surface area contributed by atoms with E-state index >= 15 is 0 Å². The van der Waals surface area contributed by atoms with E-state index in [2.05, 4.69) is 35.0 Å². The second-order valence-electron chi connectivity index (χ2n) is 7.32. The smallest absolute Gasteiger partial charge is 0.327 e. The molecule has 6 rings (SSSR count). The van der Waals surface area contributed by atoms with Gasteiger partial charge in [0, 0.05) is 22.3 Å². The van der Waals surface area contributed by atoms with Crippen molar-refractivity contribution in [2.45, 2.75) is 18.9 Å². The Bertz CT molecular complexity index is 1620. The molecule has 0 bridgehead atoms. The Hall–Kier alpha value is -4.41. The van der Waals surface area contributed by atoms with Crippen molar-refractivity contribution in [3.8, 4) is 17.6 Å². The minimum atomic E-state index is -0.511. The number of aromatic nitrogens is 7. The minimum absolute atomic E-state index is 0.128. The van der Waals surface area contributed by atoms with Crippen LogP contribution in [0.15, 0.2) is 46.4 Å². The minimum Gasteiger partial charge on any atom is -0.493 e. The first-order valence-corrected chi connectivity index (χ1v) is 9.70. The number of nitrogens with zero attached hydrogens (tertiary/aromatic N) is 5. The second kappa shape index (κ2) is 6.55. The van der Waals surface area contributed by atoms with Gasteiger partial charge in [-0.1, -0.05) is 0 Å². The zero-order valence-electron chi connectivity index (χ0n) is 16.0. The molecule has 5 aromatic rings. The van der Waals surface area contributed by atoms with E-state index in [1.54, 1.807) is 12.3 Å². The van der Waals surface area contributed by atoms with Crippen molar-refractivity contribution < 1.29 is 9.84 Å². The quantitative estimate of drug-likeness (QED) is 0.339. The Morgan fingerprint density at radius 2 is 2.13 bits per heavy atom. The number of imidazole rings is 1. The third kappa shape index (κ3) is 3.21. The normalized spacial score (nSPS) is 15.4. The van der Waals surface area contributed by atoms with Gasteiger partial charge >= 0.3 is 11.7 Å². The standard InChI is InChI=1S/C20H16N8O3/c29-17-15(24-19(30)26-17)8-11-9-22-28-16(11)25-20(27-18(28)23-12-1-2-12)31-13-3-4-14-10(7-13)5-6-21-14/h3-9,12,21,29H,1-2H2,(H2,24,26,30)/b11-8-,23-18?. The first-order valence-electron chi connectivity index (χ1n) is 9.70. The van der Waals surface area contributed by atoms with E-state index < -0.39 is 5.69 Å². The highest BCUT2D eigenvalue weighted by Gasteiger charge is 2.21. The lowest BCUT2D eigenvalue weighted by molar-refractivity contribution is 0.436. The molecule has 0 atom stereocenters. The van der Waals surface area contributed by atoms with Gasteiger partial charge in [-0.25, -0.2) is 9.79 Å². The Morgan fingerprint density at radius 1 is 1.23 bits per heavy atom. The van der Waals surface area contributed by atoms with Gasteiger partial charge in [0.05, 0.1) is 12.2 Å². The van der Waals surface area contributed by atoms with Gasteiger partial charge < -0.3 is 19.8 Å². The molecule has 4 aromatic heterocycles. The van der Waals surface area contributed by atoms with Crippen molar-refractivity contribution in [3.05, 3.63) is 63.7 Å². The molecule has 1 aliphatic carbocycles. The summed E-state index contributed by atoms with van der Waals surface area (Å²) in [5.74, 6) is 0.323. The SMILES string of the molecule is O=c1[nH]c(O)c(/C=c2/cnn3c(=NC4CC4)nc(Oc4ccc5[nH]ccc5c4)nc23)[nH]1. The number of ether oxygens (including phenoxy) is 1. The van der Waals surface area contributed by atoms with Crippen molar-refractivity contribution in [1.82, 2.24) is 34.5 Å². The Morgan fingerprint density at radius 3 is 2.94 bits per heavy atom. The van der Waals surface area contributed by atoms with E-state index in [4.69, 9.17) is 4.74 Å². The average Bonchev–Trinajstić information content (AvgIpc) is 3.14. The summed E-state index contributed by atoms with van der Waals surface area (Å²) >= 11 is 0. The van der Waals surface area contributed by atoms with Crippen LogP contribution in [0.25, 0.3) is 22.6 Å². The topological polar surface area (TPSA) is 149 Å². The third-order valence-corrected chi connectivity index (χ3v) is 4.97. The molecule has 0 aliphatic heterocycles. The lowest BCUT2D eigenvalue weighted by Crippen LogP contribution is -2.23. The van der Waals surface area contributed by atoms with Crippen LogP contribution in [0, 0.1) is 0 Å². The number of H-pyrrole nitrogens is 3. The van der Waals surface area contributed by atoms with E-state index in [1.807, 2.05) is 30.5 Å². The molecule has 0 saturated heterocycles. The van der Waals surface area contributed by atoms with E-state index in [1.165, 1.54) is 4.52 Å². The number of aromatic amines is 3. The van der Waals surface area contributed by atoms with Crippen LogP contribution in [-0.4, -0.2) is 45.7 Å². The van der Waals surface area contributed by atoms with E-state index in [0.29, 0.717) is 22.2 Å². The molecule has 4 heterocycles. The maximum absolute atomic E-state index is 11.4. The summed E-state index contributed by atoms with van der Waals surface area (Å²) in [6.45, 7) is 0. The predicted octanol–water partition coefficient (Wildman–Crippen LogP) is 0.731. The predicted molar refractivity (Wildman–Crippen MR) is 110 cm³/mol. The Balaban J connectivity index is 1.51. The van der Waals surface area contributed by atoms with Crippen molar-refractivity contribution in [1.29, 1.82) is 0 Å². The van der Waals surface area contributed by atoms with Gasteiger partial charge in [-0.3, -0.25) is 4.98 Å². The highest BCUT2D eigenvalue weighted by atomic mass is 16.5. The van der Waals surface area contributed by atoms with Gasteiger partial charge in [0.25, 0.3) is 5.62 Å². The fraction of sp³-hybridized carbons (Fsp3) is 0.150. The largest absolute Gasteiger partial charge is 0.493 e. The van der Waals surface area contributed by atoms with Gasteiger partial charge in [0.15, 0.2) is 5.65 Å². The number of rotatable bonds is 4. The summed E-state index contributed by atoms with van der Waals surface area (Å²) in [6.07, 6.45) is 7.00. The summed E-state index contributed by atoms with van der Waals surface area (Å²) in [6, 6.07) is 7.93. The van der Waals surface area contributed by atoms with Crippen LogP contribution in [0.1, 0.15) is 18.5 Å². The molecule has 1 aromatic carbocycles. The summed E-state index contributed by atoms with van der Waals surface area (Å²) in [5.41, 5.74) is 1.54. The lowest BCUT2D eigenvalue weighted by atomic mass is 10.2. The zero-order valence-corrected chi connectivity index (χ0v) is 16.0. The highest BCUT2D eigenvalue weighted by Crippen LogP contribution is 2.24. The lowest BCUT2D eigenvalue weighted by Gasteiger charge is -2.04. The first kappa shape index (κ1) is 17.4. The number of aromatic hydroxyl groups is 1. The van der Waals surface area contributed by atoms with E-state index in [0.717, 1.165) is 23.7 Å². The van der Waals surface area contributed by atoms with Crippen LogP contribution in [0.3, 0.4) is 0 Å². The summed E-state index contributed by atoms with van der Waals surface area (Å²) in [7, 11) is 0. The number of hydrogen-bond donors (Lipinski definition) is 4. The number of hydrogen-bond acceptors (Lipinski definition) is 7. The molecule has 0 amide bonds. The number of nitrogens with one attached hydrogen (secondary N) is 3. The fourth-order valence-electron chi connectivity index (χ4n) is 3.31. The third-order valence-electron chi connectivity index (χ3n) is 4.97. The molecule has 4 N–H and O–H groups in total. The van der Waals surface area contributed by atoms with Crippen molar-refractivity contribution in [3.63, 3.8) is 0 Å². The summed E-state index contributed by atoms with van der Waals surface area (Å²) < 4.78 is 7.47. The molecule has 1 aliphatic rings. The summed E-state index contributed by atoms with van der Waals surface area (Å²) in [4.78, 5) is 33.0. The van der Waals surface area contributed by atoms with Crippen molar-refractivity contribution >= 4 is 22.6 Å². The zero-order chi connectivity index (χ0) is 20.9. The number of benzene rings is 1. The van der Waals surface area contributed by atoms with Gasteiger partial charge in [-0.15, -0.1) is 0 Å². The molecule has 1 fully saturated rings. The monoisotopic (exact) mass is 416 g/mol. The fourth-order valence-corrected chi connectivity index (χ4v) is 3.31. The van der Waals surface area contributed by atoms with Crippen LogP contribution < -0.4 is 21.3 Å². The molecular weight excluding hydrogens is 400 g/mol. The van der Waals surface area contributed by atoms with E-state index in [-0.39, 0.29) is 23.6 Å². The van der Waals surface area contributed by atoms with Gasteiger partial charge in [-0.05, 0) is 43.2 Å². The molecule has 11 nitrogen and oxygen atoms in total. The summed E-state index contributed by atoms with van der Waals surface area (Å²) in [5, 5.41) is 15.8. The van der Waals surface area contributed by atoms with Crippen LogP contribution in [0.5, 0.6) is 17.6 Å². The van der Waals surface area contributed by atoms with E-state index in [9.17, 15) is 9.90 Å². The molecular formula is C20H16N8O3. The first-order chi connectivity index (χ1) is 15.1. The number of fused-ring (bicyclic) bond motifs is 2. The van der Waals surface area contributed by atoms with Gasteiger partial charge in [-0.2, -0.15) is 19.6 Å². The van der Waals surface area contributed by atoms with Crippen molar-refractivity contribution in [2.24, 2.45) is 4.99 Å². The molecule has 31 heavy (non-hydrogen) atoms. The van der Waals surface area contributed by atoms with Gasteiger partial charge in [0.2, 0.25) is 5.88 Å². The molecule has 154 valence electrons. The second-order valence-corrected chi connectivity index (χ2v) is 7.32. The molecule has 0 unspecified atom stereocenters. The Labute approximate surface area is 172 Å². The average molecular weight is 416 g/mol. The molecule has 11 heteroatoms. The van der Waals surface area contributed by atoms with Gasteiger partial charge in [0.1, 0.15) is 11.4 Å². The van der Waals surface area contributed by atoms with Crippen LogP contribution in [0.2, 0.25) is 0 Å². The van der Waals surface area contributed by atoms with Crippen LogP contribution in [0.4, 0.5) is 0 Å².